The Morgan fingerprint density at radius 2 is 2.08 bits per heavy atom. The number of nitrogens with zero attached hydrogens (tertiary/aromatic N) is 2. The maximum Gasteiger partial charge on any atom is 0.330 e. The number of rotatable bonds is 9. The maximum atomic E-state index is 11.0. The van der Waals surface area contributed by atoms with Crippen LogP contribution in [0, 0.1) is 0 Å². The highest BCUT2D eigenvalue weighted by Gasteiger charge is 2.08. The third-order valence-corrected chi connectivity index (χ3v) is 3.27. The fraction of sp³-hybridized carbons (Fsp3) is 0.278. The Bertz CT molecular complexity index is 674. The van der Waals surface area contributed by atoms with E-state index in [4.69, 9.17) is 4.74 Å². The molecule has 7 nitrogen and oxygen atoms in total. The lowest BCUT2D eigenvalue weighted by molar-refractivity contribution is -0.134. The second kappa shape index (κ2) is 10.2. The predicted octanol–water partition coefficient (Wildman–Crippen LogP) is 1.65. The Labute approximate surface area is 146 Å². The smallest absolute Gasteiger partial charge is 0.330 e. The van der Waals surface area contributed by atoms with Gasteiger partial charge in [0, 0.05) is 6.08 Å². The number of anilines is 1. The van der Waals surface area contributed by atoms with Crippen molar-refractivity contribution < 1.29 is 19.4 Å². The summed E-state index contributed by atoms with van der Waals surface area (Å²) in [7, 11) is 1.31. The van der Waals surface area contributed by atoms with Crippen LogP contribution in [0.15, 0.2) is 48.8 Å². The molecule has 0 saturated heterocycles. The van der Waals surface area contributed by atoms with Crippen LogP contribution in [0.5, 0.6) is 0 Å². The summed E-state index contributed by atoms with van der Waals surface area (Å²) in [6.07, 6.45) is 5.82. The number of aliphatic hydroxyl groups excluding tert-OH is 1. The van der Waals surface area contributed by atoms with Crippen molar-refractivity contribution in [3.63, 3.8) is 0 Å². The van der Waals surface area contributed by atoms with E-state index >= 15 is 0 Å². The van der Waals surface area contributed by atoms with E-state index in [9.17, 15) is 9.90 Å². The van der Waals surface area contributed by atoms with E-state index in [2.05, 4.69) is 20.0 Å². The molecule has 1 aromatic carbocycles. The Kier molecular flexibility index (Phi) is 7.55. The number of ether oxygens (including phenoxy) is 2. The van der Waals surface area contributed by atoms with Gasteiger partial charge in [-0.25, -0.2) is 9.78 Å². The summed E-state index contributed by atoms with van der Waals surface area (Å²) in [6.45, 7) is 0.708. The minimum absolute atomic E-state index is 0.0968. The average Bonchev–Trinajstić information content (AvgIpc) is 2.67. The van der Waals surface area contributed by atoms with Gasteiger partial charge in [0.1, 0.15) is 5.82 Å². The average molecular weight is 343 g/mol. The molecule has 0 radical (unpaired) electrons. The zero-order valence-electron chi connectivity index (χ0n) is 14.0. The van der Waals surface area contributed by atoms with E-state index < -0.39 is 5.97 Å². The quantitative estimate of drug-likeness (QED) is 0.528. The zero-order valence-corrected chi connectivity index (χ0v) is 14.0. The standard InChI is InChI=1S/C18H21N3O4/c1-24-18(23)8-7-15-9-20-17(10-19-15)21-16(11-22)13-25-12-14-5-3-2-4-6-14/h2-10,16,22H,11-13H2,1H3,(H,20,21)/b8-7+/t16-/m1/s1. The summed E-state index contributed by atoms with van der Waals surface area (Å²) >= 11 is 0. The molecule has 1 atom stereocenters. The van der Waals surface area contributed by atoms with Crippen molar-refractivity contribution >= 4 is 17.9 Å². The molecule has 2 rings (SSSR count). The van der Waals surface area contributed by atoms with Gasteiger partial charge in [-0.2, -0.15) is 0 Å². The Morgan fingerprint density at radius 3 is 2.72 bits per heavy atom. The monoisotopic (exact) mass is 343 g/mol. The number of aromatic nitrogens is 2. The first-order valence-electron chi connectivity index (χ1n) is 7.78. The van der Waals surface area contributed by atoms with Crippen molar-refractivity contribution in [2.75, 3.05) is 25.6 Å². The Balaban J connectivity index is 1.82. The molecule has 0 aliphatic heterocycles. The van der Waals surface area contributed by atoms with Crippen molar-refractivity contribution in [1.82, 2.24) is 9.97 Å². The lowest BCUT2D eigenvalue weighted by atomic mass is 10.2. The van der Waals surface area contributed by atoms with E-state index in [-0.39, 0.29) is 12.6 Å². The van der Waals surface area contributed by atoms with Gasteiger partial charge >= 0.3 is 5.97 Å². The number of hydrogen-bond donors (Lipinski definition) is 2. The molecular formula is C18H21N3O4. The lowest BCUT2D eigenvalue weighted by Crippen LogP contribution is -2.29. The first kappa shape index (κ1) is 18.6. The molecule has 132 valence electrons. The number of nitrogens with one attached hydrogen (secondary N) is 1. The molecule has 0 aliphatic rings. The van der Waals surface area contributed by atoms with E-state index in [1.54, 1.807) is 0 Å². The van der Waals surface area contributed by atoms with Crippen LogP contribution < -0.4 is 5.32 Å². The summed E-state index contributed by atoms with van der Waals surface area (Å²) in [6, 6.07) is 9.51. The highest BCUT2D eigenvalue weighted by Crippen LogP contribution is 2.06. The summed E-state index contributed by atoms with van der Waals surface area (Å²) in [5.41, 5.74) is 1.59. The van der Waals surface area contributed by atoms with Crippen molar-refractivity contribution in [2.45, 2.75) is 12.6 Å². The molecule has 2 N–H and O–H groups in total. The molecule has 0 spiro atoms. The summed E-state index contributed by atoms with van der Waals surface area (Å²) < 4.78 is 10.1. The minimum Gasteiger partial charge on any atom is -0.466 e. The fourth-order valence-corrected chi connectivity index (χ4v) is 1.96. The normalized spacial score (nSPS) is 12.1. The van der Waals surface area contributed by atoms with E-state index in [1.165, 1.54) is 31.7 Å². The van der Waals surface area contributed by atoms with Gasteiger partial charge in [-0.15, -0.1) is 0 Å². The van der Waals surface area contributed by atoms with Gasteiger partial charge in [-0.3, -0.25) is 4.98 Å². The van der Waals surface area contributed by atoms with Gasteiger partial charge in [-0.1, -0.05) is 30.3 Å². The molecule has 0 fully saturated rings. The molecule has 0 saturated carbocycles. The third kappa shape index (κ3) is 6.70. The number of carbonyl (C=O) groups excluding carboxylic acids is 1. The van der Waals surface area contributed by atoms with Gasteiger partial charge in [0.25, 0.3) is 0 Å². The van der Waals surface area contributed by atoms with Crippen molar-refractivity contribution in [3.8, 4) is 0 Å². The number of benzene rings is 1. The van der Waals surface area contributed by atoms with Crippen LogP contribution in [0.4, 0.5) is 5.82 Å². The molecule has 0 unspecified atom stereocenters. The lowest BCUT2D eigenvalue weighted by Gasteiger charge is -2.17. The topological polar surface area (TPSA) is 93.6 Å². The first-order valence-corrected chi connectivity index (χ1v) is 7.78. The van der Waals surface area contributed by atoms with Crippen LogP contribution in [-0.2, 0) is 20.9 Å². The maximum absolute atomic E-state index is 11.0. The summed E-state index contributed by atoms with van der Waals surface area (Å²) in [4.78, 5) is 19.4. The molecule has 1 aromatic heterocycles. The number of carbonyl (C=O) groups is 1. The predicted molar refractivity (Wildman–Crippen MR) is 93.7 cm³/mol. The van der Waals surface area contributed by atoms with Crippen LogP contribution in [0.1, 0.15) is 11.3 Å². The molecule has 7 heteroatoms. The van der Waals surface area contributed by atoms with Crippen LogP contribution in [-0.4, -0.2) is 47.4 Å². The van der Waals surface area contributed by atoms with Crippen LogP contribution in [0.2, 0.25) is 0 Å². The second-order valence-electron chi connectivity index (χ2n) is 5.21. The van der Waals surface area contributed by atoms with Crippen LogP contribution >= 0.6 is 0 Å². The van der Waals surface area contributed by atoms with Crippen LogP contribution in [0.25, 0.3) is 6.08 Å². The highest BCUT2D eigenvalue weighted by atomic mass is 16.5. The molecule has 0 aliphatic carbocycles. The van der Waals surface area contributed by atoms with Gasteiger partial charge in [0.2, 0.25) is 0 Å². The first-order chi connectivity index (χ1) is 12.2. The SMILES string of the molecule is COC(=O)/C=C/c1cnc(N[C@H](CO)COCc2ccccc2)cn1. The van der Waals surface area contributed by atoms with Crippen LogP contribution in [0.3, 0.4) is 0 Å². The second-order valence-corrected chi connectivity index (χ2v) is 5.21. The van der Waals surface area contributed by atoms with Gasteiger partial charge < -0.3 is 19.9 Å². The highest BCUT2D eigenvalue weighted by molar-refractivity contribution is 5.86. The van der Waals surface area contributed by atoms with Crippen molar-refractivity contribution in [1.29, 1.82) is 0 Å². The summed E-state index contributed by atoms with van der Waals surface area (Å²) in [5, 5.41) is 12.5. The largest absolute Gasteiger partial charge is 0.466 e. The van der Waals surface area contributed by atoms with Crippen molar-refractivity contribution in [2.24, 2.45) is 0 Å². The van der Waals surface area contributed by atoms with Gasteiger partial charge in [-0.05, 0) is 11.6 Å². The molecule has 0 bridgehead atoms. The number of hydrogen-bond acceptors (Lipinski definition) is 7. The third-order valence-electron chi connectivity index (χ3n) is 3.27. The fourth-order valence-electron chi connectivity index (χ4n) is 1.96. The van der Waals surface area contributed by atoms with Crippen molar-refractivity contribution in [3.05, 3.63) is 60.1 Å². The zero-order chi connectivity index (χ0) is 17.9. The molecule has 2 aromatic rings. The number of aliphatic hydroxyl groups is 1. The molecule has 1 heterocycles. The van der Waals surface area contributed by atoms with E-state index in [1.807, 2.05) is 30.3 Å². The number of methoxy groups -OCH3 is 1. The number of esters is 1. The van der Waals surface area contributed by atoms with E-state index in [0.717, 1.165) is 5.56 Å². The minimum atomic E-state index is -0.458. The Hall–Kier alpha value is -2.77. The molecule has 0 amide bonds. The molecular weight excluding hydrogens is 322 g/mol. The molecule has 25 heavy (non-hydrogen) atoms. The Morgan fingerprint density at radius 1 is 1.28 bits per heavy atom. The summed E-state index contributed by atoms with van der Waals surface area (Å²) in [5.74, 6) is 0.0532. The van der Waals surface area contributed by atoms with Gasteiger partial charge in [0.05, 0.1) is 51.1 Å². The van der Waals surface area contributed by atoms with E-state index in [0.29, 0.717) is 24.7 Å². The van der Waals surface area contributed by atoms with Gasteiger partial charge in [0.15, 0.2) is 0 Å².